The van der Waals surface area contributed by atoms with Crippen molar-refractivity contribution < 1.29 is 33.3 Å². The Kier molecular flexibility index (Phi) is 5.72. The second-order valence-electron chi connectivity index (χ2n) is 9.46. The predicted octanol–water partition coefficient (Wildman–Crippen LogP) is 3.86. The van der Waals surface area contributed by atoms with E-state index in [4.69, 9.17) is 35.3 Å². The molecular formula is C27H25ClN4O7. The number of carbonyl (C=O) groups excluding carboxylic acids is 2. The van der Waals surface area contributed by atoms with Gasteiger partial charge in [0.15, 0.2) is 17.2 Å². The fourth-order valence-electron chi connectivity index (χ4n) is 5.72. The number of benzene rings is 2. The zero-order chi connectivity index (χ0) is 27.6. The van der Waals surface area contributed by atoms with Crippen molar-refractivity contribution in [3.05, 3.63) is 58.0 Å². The summed E-state index contributed by atoms with van der Waals surface area (Å²) in [5.41, 5.74) is -0.0889. The molecule has 3 aliphatic rings. The zero-order valence-electron chi connectivity index (χ0n) is 21.8. The first kappa shape index (κ1) is 25.1. The Labute approximate surface area is 228 Å². The molecule has 1 N–H and O–H groups in total. The van der Waals surface area contributed by atoms with Gasteiger partial charge in [0.2, 0.25) is 23.1 Å². The lowest BCUT2D eigenvalue weighted by atomic mass is 9.69. The van der Waals surface area contributed by atoms with Crippen molar-refractivity contribution in [3.63, 3.8) is 0 Å². The SMILES string of the molecule is COc1ccc([C@@H]2C3=C(C[C@@H](C)[C@]4(Oc5c(Cl)c(OC)cc(OC)c5C4=O)C3=O)Nc3ncnn32)cc1OC. The number of nitrogens with one attached hydrogen (secondary N) is 1. The number of hydrogen-bond acceptors (Lipinski definition) is 10. The van der Waals surface area contributed by atoms with E-state index in [0.717, 1.165) is 0 Å². The van der Waals surface area contributed by atoms with Gasteiger partial charge in [-0.25, -0.2) is 4.68 Å². The Morgan fingerprint density at radius 2 is 1.72 bits per heavy atom. The summed E-state index contributed by atoms with van der Waals surface area (Å²) < 4.78 is 29.7. The van der Waals surface area contributed by atoms with Gasteiger partial charge >= 0.3 is 0 Å². The summed E-state index contributed by atoms with van der Waals surface area (Å²) in [6.07, 6.45) is 1.73. The molecular weight excluding hydrogens is 528 g/mol. The van der Waals surface area contributed by atoms with Gasteiger partial charge in [-0.1, -0.05) is 24.6 Å². The number of anilines is 1. The van der Waals surface area contributed by atoms with Crippen LogP contribution in [-0.2, 0) is 4.79 Å². The van der Waals surface area contributed by atoms with Crippen LogP contribution in [0.2, 0.25) is 5.02 Å². The quantitative estimate of drug-likeness (QED) is 0.467. The van der Waals surface area contributed by atoms with E-state index in [1.807, 2.05) is 6.07 Å². The third-order valence-electron chi connectivity index (χ3n) is 7.61. The number of hydrogen-bond donors (Lipinski definition) is 1. The molecule has 39 heavy (non-hydrogen) atoms. The van der Waals surface area contributed by atoms with Crippen molar-refractivity contribution in [2.24, 2.45) is 5.92 Å². The molecule has 1 aromatic heterocycles. The van der Waals surface area contributed by atoms with Gasteiger partial charge in [0.1, 0.15) is 34.5 Å². The first-order valence-corrected chi connectivity index (χ1v) is 12.5. The van der Waals surface area contributed by atoms with E-state index >= 15 is 0 Å². The van der Waals surface area contributed by atoms with Crippen LogP contribution >= 0.6 is 11.6 Å². The molecule has 0 saturated heterocycles. The standard InChI is InChI=1S/C27H25ClN4O7/c1-12-8-14-19(22(32-26(31-14)29-11-30-32)13-6-7-15(35-2)16(9-13)36-3)24(33)27(12)25(34)20-17(37-4)10-18(38-5)21(28)23(20)39-27/h6-7,9-12,22H,8H2,1-5H3,(H,29,30,31)/t12-,22-,27+/m1/s1. The average Bonchev–Trinajstić information content (AvgIpc) is 3.54. The maximum Gasteiger partial charge on any atom is 0.236 e. The summed E-state index contributed by atoms with van der Waals surface area (Å²) in [5.74, 6) is 0.463. The second-order valence-corrected chi connectivity index (χ2v) is 9.84. The van der Waals surface area contributed by atoms with Crippen molar-refractivity contribution in [3.8, 4) is 28.7 Å². The Morgan fingerprint density at radius 1 is 1.00 bits per heavy atom. The number of Topliss-reactive ketones (excluding diaryl/α,β-unsaturated/α-hetero) is 2. The van der Waals surface area contributed by atoms with Gasteiger partial charge in [-0.3, -0.25) is 9.59 Å². The molecule has 3 heterocycles. The van der Waals surface area contributed by atoms with Gasteiger partial charge in [-0.15, -0.1) is 0 Å². The van der Waals surface area contributed by atoms with Crippen LogP contribution in [0.5, 0.6) is 28.7 Å². The fourth-order valence-corrected chi connectivity index (χ4v) is 5.98. The molecule has 0 fully saturated rings. The number of aromatic nitrogens is 3. The Hall–Kier alpha value is -4.25. The Balaban J connectivity index is 1.53. The van der Waals surface area contributed by atoms with Gasteiger partial charge in [-0.05, 0) is 24.1 Å². The molecule has 0 saturated carbocycles. The van der Waals surface area contributed by atoms with Crippen molar-refractivity contribution in [1.29, 1.82) is 0 Å². The largest absolute Gasteiger partial charge is 0.496 e. The summed E-state index contributed by atoms with van der Waals surface area (Å²) in [6, 6.07) is 6.15. The molecule has 0 radical (unpaired) electrons. The van der Waals surface area contributed by atoms with Gasteiger partial charge in [-0.2, -0.15) is 10.1 Å². The van der Waals surface area contributed by atoms with E-state index in [0.29, 0.717) is 40.7 Å². The smallest absolute Gasteiger partial charge is 0.236 e. The molecule has 1 spiro atoms. The number of halogens is 1. The molecule has 12 heteroatoms. The number of allylic oxidation sites excluding steroid dienone is 1. The van der Waals surface area contributed by atoms with Crippen molar-refractivity contribution >= 4 is 29.1 Å². The summed E-state index contributed by atoms with van der Waals surface area (Å²) in [6.45, 7) is 1.80. The highest BCUT2D eigenvalue weighted by Gasteiger charge is 2.63. The highest BCUT2D eigenvalue weighted by molar-refractivity contribution is 6.36. The minimum absolute atomic E-state index is 0.0648. The Morgan fingerprint density at radius 3 is 2.41 bits per heavy atom. The maximum absolute atomic E-state index is 14.7. The Bertz CT molecular complexity index is 1580. The lowest BCUT2D eigenvalue weighted by Gasteiger charge is -2.41. The van der Waals surface area contributed by atoms with E-state index in [9.17, 15) is 9.59 Å². The topological polar surface area (TPSA) is 123 Å². The molecule has 3 atom stereocenters. The summed E-state index contributed by atoms with van der Waals surface area (Å²) in [7, 11) is 5.95. The normalized spacial score (nSPS) is 23.0. The maximum atomic E-state index is 14.7. The molecule has 1 aliphatic carbocycles. The van der Waals surface area contributed by atoms with Crippen LogP contribution in [0, 0.1) is 5.92 Å². The molecule has 11 nitrogen and oxygen atoms in total. The van der Waals surface area contributed by atoms with Gasteiger partial charge in [0.05, 0.1) is 28.4 Å². The van der Waals surface area contributed by atoms with Crippen LogP contribution < -0.4 is 29.0 Å². The van der Waals surface area contributed by atoms with Crippen LogP contribution in [0.1, 0.15) is 35.3 Å². The lowest BCUT2D eigenvalue weighted by molar-refractivity contribution is -0.130. The number of ketones is 2. The molecule has 2 aromatic carbocycles. The van der Waals surface area contributed by atoms with E-state index in [-0.39, 0.29) is 27.8 Å². The van der Waals surface area contributed by atoms with Gasteiger partial charge in [0, 0.05) is 23.3 Å². The van der Waals surface area contributed by atoms with Crippen LogP contribution in [-0.4, -0.2) is 60.4 Å². The molecule has 202 valence electrons. The van der Waals surface area contributed by atoms with Crippen LogP contribution in [0.15, 0.2) is 41.9 Å². The van der Waals surface area contributed by atoms with Crippen LogP contribution in [0.25, 0.3) is 0 Å². The summed E-state index contributed by atoms with van der Waals surface area (Å²) in [5, 5.41) is 7.73. The summed E-state index contributed by atoms with van der Waals surface area (Å²) in [4.78, 5) is 33.2. The number of carbonyl (C=O) groups is 2. The second kappa shape index (κ2) is 8.91. The third kappa shape index (κ3) is 3.29. The van der Waals surface area contributed by atoms with Gasteiger partial charge in [0.25, 0.3) is 0 Å². The minimum atomic E-state index is -1.86. The third-order valence-corrected chi connectivity index (χ3v) is 7.96. The molecule has 0 bridgehead atoms. The van der Waals surface area contributed by atoms with E-state index in [1.54, 1.807) is 30.8 Å². The molecule has 0 amide bonds. The number of ether oxygens (including phenoxy) is 5. The molecule has 6 rings (SSSR count). The predicted molar refractivity (Wildman–Crippen MR) is 139 cm³/mol. The van der Waals surface area contributed by atoms with Crippen LogP contribution in [0.4, 0.5) is 5.95 Å². The first-order valence-electron chi connectivity index (χ1n) is 12.1. The number of fused-ring (bicyclic) bond motifs is 2. The molecule has 3 aromatic rings. The van der Waals surface area contributed by atoms with Crippen molar-refractivity contribution in [2.75, 3.05) is 33.8 Å². The van der Waals surface area contributed by atoms with Gasteiger partial charge < -0.3 is 29.0 Å². The van der Waals surface area contributed by atoms with E-state index in [2.05, 4.69) is 15.4 Å². The number of methoxy groups -OCH3 is 4. The lowest BCUT2D eigenvalue weighted by Crippen LogP contribution is -2.58. The highest BCUT2D eigenvalue weighted by atomic mass is 35.5. The van der Waals surface area contributed by atoms with E-state index in [1.165, 1.54) is 33.7 Å². The average molecular weight is 553 g/mol. The van der Waals surface area contributed by atoms with Crippen molar-refractivity contribution in [1.82, 2.24) is 14.8 Å². The molecule has 2 aliphatic heterocycles. The number of rotatable bonds is 5. The molecule has 0 unspecified atom stereocenters. The van der Waals surface area contributed by atoms with E-state index < -0.39 is 29.1 Å². The minimum Gasteiger partial charge on any atom is -0.496 e. The highest BCUT2D eigenvalue weighted by Crippen LogP contribution is 2.55. The summed E-state index contributed by atoms with van der Waals surface area (Å²) >= 11 is 6.58. The monoisotopic (exact) mass is 552 g/mol. The fraction of sp³-hybridized carbons (Fsp3) is 0.333. The number of nitrogens with zero attached hydrogens (tertiary/aromatic N) is 3. The zero-order valence-corrected chi connectivity index (χ0v) is 22.6. The first-order chi connectivity index (χ1) is 18.8. The van der Waals surface area contributed by atoms with Crippen LogP contribution in [0.3, 0.4) is 0 Å². The van der Waals surface area contributed by atoms with Crippen molar-refractivity contribution in [2.45, 2.75) is 25.0 Å².